The van der Waals surface area contributed by atoms with E-state index in [0.717, 1.165) is 22.0 Å². The first-order valence-corrected chi connectivity index (χ1v) is 10.5. The lowest BCUT2D eigenvalue weighted by Gasteiger charge is -2.14. The van der Waals surface area contributed by atoms with Crippen molar-refractivity contribution in [3.05, 3.63) is 57.6 Å². The topological polar surface area (TPSA) is 88.7 Å². The average Bonchev–Trinajstić information content (AvgIpc) is 2.70. The first-order valence-electron chi connectivity index (χ1n) is 9.32. The highest BCUT2D eigenvalue weighted by atomic mass is 79.9. The van der Waals surface area contributed by atoms with Crippen LogP contribution in [0.2, 0.25) is 0 Å². The van der Waals surface area contributed by atoms with Crippen LogP contribution in [0.5, 0.6) is 11.5 Å². The summed E-state index contributed by atoms with van der Waals surface area (Å²) in [6, 6.07) is 10.8. The molecule has 2 aromatic carbocycles. The third-order valence-electron chi connectivity index (χ3n) is 3.88. The third kappa shape index (κ3) is 7.31. The molecule has 0 unspecified atom stereocenters. The molecule has 0 heterocycles. The number of nitrogens with one attached hydrogen (secondary N) is 3. The van der Waals surface area contributed by atoms with Gasteiger partial charge in [-0.2, -0.15) is 0 Å². The Morgan fingerprint density at radius 1 is 1.03 bits per heavy atom. The van der Waals surface area contributed by atoms with Gasteiger partial charge in [-0.05, 0) is 62.3 Å². The molecule has 0 spiro atoms. The molecule has 2 aromatic rings. The highest BCUT2D eigenvalue weighted by Gasteiger charge is 2.15. The minimum Gasteiger partial charge on any atom is -0.493 e. The Kier molecular flexibility index (Phi) is 9.07. The number of hydrogen-bond acceptors (Lipinski definition) is 5. The lowest BCUT2D eigenvalue weighted by molar-refractivity contribution is -0.123. The highest BCUT2D eigenvalue weighted by molar-refractivity contribution is 9.10. The molecule has 0 radical (unpaired) electrons. The molecular weight excluding hydrogens is 470 g/mol. The maximum absolute atomic E-state index is 12.5. The fourth-order valence-electron chi connectivity index (χ4n) is 2.49. The Labute approximate surface area is 189 Å². The Bertz CT molecular complexity index is 936. The number of hydrazine groups is 1. The zero-order chi connectivity index (χ0) is 22.1. The van der Waals surface area contributed by atoms with E-state index in [0.29, 0.717) is 23.7 Å². The zero-order valence-corrected chi connectivity index (χ0v) is 19.4. The van der Waals surface area contributed by atoms with Gasteiger partial charge in [0.1, 0.15) is 11.5 Å². The van der Waals surface area contributed by atoms with E-state index < -0.39 is 11.8 Å². The molecule has 0 aliphatic rings. The predicted molar refractivity (Wildman–Crippen MR) is 123 cm³/mol. The monoisotopic (exact) mass is 493 g/mol. The second kappa shape index (κ2) is 11.5. The minimum atomic E-state index is -0.458. The van der Waals surface area contributed by atoms with Crippen molar-refractivity contribution in [2.24, 2.45) is 0 Å². The van der Waals surface area contributed by atoms with Crippen LogP contribution in [-0.4, -0.2) is 30.1 Å². The van der Waals surface area contributed by atoms with Gasteiger partial charge in [-0.1, -0.05) is 40.5 Å². The van der Waals surface area contributed by atoms with Crippen molar-refractivity contribution in [2.45, 2.75) is 27.2 Å². The van der Waals surface area contributed by atoms with Crippen LogP contribution >= 0.6 is 28.1 Å². The van der Waals surface area contributed by atoms with E-state index in [4.69, 9.17) is 21.7 Å². The van der Waals surface area contributed by atoms with Crippen LogP contribution in [0.15, 0.2) is 40.9 Å². The van der Waals surface area contributed by atoms with Gasteiger partial charge in [0, 0.05) is 4.47 Å². The first kappa shape index (κ1) is 23.6. The number of ether oxygens (including phenoxy) is 2. The molecular formula is C21H24BrN3O4S. The molecule has 0 aliphatic heterocycles. The van der Waals surface area contributed by atoms with Crippen molar-refractivity contribution >= 4 is 45.1 Å². The van der Waals surface area contributed by atoms with Crippen LogP contribution in [0.25, 0.3) is 0 Å². The van der Waals surface area contributed by atoms with Crippen LogP contribution in [0, 0.1) is 13.8 Å². The van der Waals surface area contributed by atoms with Crippen molar-refractivity contribution in [1.29, 1.82) is 0 Å². The molecule has 30 heavy (non-hydrogen) atoms. The van der Waals surface area contributed by atoms with Crippen molar-refractivity contribution in [3.8, 4) is 11.5 Å². The van der Waals surface area contributed by atoms with E-state index in [-0.39, 0.29) is 11.7 Å². The van der Waals surface area contributed by atoms with Crippen LogP contribution in [0.1, 0.15) is 34.8 Å². The van der Waals surface area contributed by atoms with Gasteiger partial charge < -0.3 is 9.47 Å². The number of carbonyl (C=O) groups excluding carboxylic acids is 2. The van der Waals surface area contributed by atoms with E-state index in [1.165, 1.54) is 0 Å². The van der Waals surface area contributed by atoms with Gasteiger partial charge in [-0.15, -0.1) is 0 Å². The summed E-state index contributed by atoms with van der Waals surface area (Å²) in [4.78, 5) is 24.5. The summed E-state index contributed by atoms with van der Waals surface area (Å²) in [6.07, 6.45) is 0.813. The molecule has 7 nitrogen and oxygen atoms in total. The van der Waals surface area contributed by atoms with Gasteiger partial charge in [-0.3, -0.25) is 25.8 Å². The zero-order valence-electron chi connectivity index (χ0n) is 17.0. The largest absolute Gasteiger partial charge is 0.493 e. The number of thiocarbonyl (C=S) groups is 1. The molecule has 0 aromatic heterocycles. The van der Waals surface area contributed by atoms with Gasteiger partial charge >= 0.3 is 0 Å². The average molecular weight is 494 g/mol. The number of amides is 2. The number of rotatable bonds is 7. The quantitative estimate of drug-likeness (QED) is 0.403. The van der Waals surface area contributed by atoms with Crippen molar-refractivity contribution < 1.29 is 19.1 Å². The lowest BCUT2D eigenvalue weighted by atomic mass is 10.1. The maximum Gasteiger partial charge on any atom is 0.276 e. The van der Waals surface area contributed by atoms with E-state index in [1.54, 1.807) is 18.2 Å². The fraction of sp³-hybridized carbons (Fsp3) is 0.286. The standard InChI is InChI=1S/C21H24BrN3O4S/c1-4-9-28-18-8-6-15(22)11-16(18)20(27)23-21(30)25-24-19(26)12-29-17-7-5-13(2)10-14(17)3/h5-8,10-11H,4,9,12H2,1-3H3,(H,24,26)(H2,23,25,27,30). The summed E-state index contributed by atoms with van der Waals surface area (Å²) in [7, 11) is 0. The fourth-order valence-corrected chi connectivity index (χ4v) is 2.99. The second-order valence-corrected chi connectivity index (χ2v) is 7.83. The van der Waals surface area contributed by atoms with Crippen molar-refractivity contribution in [2.75, 3.05) is 13.2 Å². The highest BCUT2D eigenvalue weighted by Crippen LogP contribution is 2.23. The number of aryl methyl sites for hydroxylation is 2. The van der Waals surface area contributed by atoms with Crippen molar-refractivity contribution in [1.82, 2.24) is 16.2 Å². The summed E-state index contributed by atoms with van der Waals surface area (Å²) in [5.74, 6) is 0.175. The summed E-state index contributed by atoms with van der Waals surface area (Å²) in [5.41, 5.74) is 7.25. The Morgan fingerprint density at radius 2 is 1.77 bits per heavy atom. The maximum atomic E-state index is 12.5. The molecule has 2 amide bonds. The first-order chi connectivity index (χ1) is 14.3. The lowest BCUT2D eigenvalue weighted by Crippen LogP contribution is -2.49. The number of carbonyl (C=O) groups is 2. The minimum absolute atomic E-state index is 0.0544. The van der Waals surface area contributed by atoms with E-state index >= 15 is 0 Å². The Balaban J connectivity index is 1.84. The van der Waals surface area contributed by atoms with E-state index in [9.17, 15) is 9.59 Å². The number of benzene rings is 2. The SMILES string of the molecule is CCCOc1ccc(Br)cc1C(=O)NC(=S)NNC(=O)COc1ccc(C)cc1C. The normalized spacial score (nSPS) is 10.1. The molecule has 160 valence electrons. The Hall–Kier alpha value is -2.65. The van der Waals surface area contributed by atoms with Crippen LogP contribution in [0.4, 0.5) is 0 Å². The molecule has 0 aliphatic carbocycles. The Morgan fingerprint density at radius 3 is 2.47 bits per heavy atom. The van der Waals surface area contributed by atoms with Gasteiger partial charge in [0.15, 0.2) is 11.7 Å². The molecule has 2 rings (SSSR count). The summed E-state index contributed by atoms with van der Waals surface area (Å²) < 4.78 is 11.8. The smallest absolute Gasteiger partial charge is 0.276 e. The summed E-state index contributed by atoms with van der Waals surface area (Å²) in [6.45, 7) is 6.15. The molecule has 0 saturated carbocycles. The summed E-state index contributed by atoms with van der Waals surface area (Å²) in [5, 5.41) is 2.46. The van der Waals surface area contributed by atoms with Gasteiger partial charge in [-0.25, -0.2) is 0 Å². The van der Waals surface area contributed by atoms with Gasteiger partial charge in [0.2, 0.25) is 0 Å². The molecule has 3 N–H and O–H groups in total. The second-order valence-electron chi connectivity index (χ2n) is 6.50. The third-order valence-corrected chi connectivity index (χ3v) is 4.58. The van der Waals surface area contributed by atoms with Crippen LogP contribution < -0.4 is 25.6 Å². The molecule has 0 saturated heterocycles. The predicted octanol–water partition coefficient (Wildman–Crippen LogP) is 3.57. The van der Waals surface area contributed by atoms with Crippen LogP contribution in [0.3, 0.4) is 0 Å². The molecule has 0 fully saturated rings. The van der Waals surface area contributed by atoms with Crippen LogP contribution in [-0.2, 0) is 4.79 Å². The van der Waals surface area contributed by atoms with Gasteiger partial charge in [0.05, 0.1) is 12.2 Å². The van der Waals surface area contributed by atoms with Crippen molar-refractivity contribution in [3.63, 3.8) is 0 Å². The molecule has 9 heteroatoms. The number of halogens is 1. The molecule has 0 bridgehead atoms. The summed E-state index contributed by atoms with van der Waals surface area (Å²) >= 11 is 8.41. The molecule has 0 atom stereocenters. The van der Waals surface area contributed by atoms with E-state index in [2.05, 4.69) is 32.1 Å². The van der Waals surface area contributed by atoms with E-state index in [1.807, 2.05) is 39.0 Å². The number of hydrogen-bond donors (Lipinski definition) is 3. The van der Waals surface area contributed by atoms with Gasteiger partial charge in [0.25, 0.3) is 11.8 Å².